The number of benzene rings is 2. The third kappa shape index (κ3) is 5.55. The quantitative estimate of drug-likeness (QED) is 0.501. The fourth-order valence-corrected chi connectivity index (χ4v) is 4.09. The molecule has 0 bridgehead atoms. The van der Waals surface area contributed by atoms with Gasteiger partial charge in [0.2, 0.25) is 17.6 Å². The van der Waals surface area contributed by atoms with Crippen LogP contribution < -0.4 is 5.32 Å². The van der Waals surface area contributed by atoms with E-state index in [9.17, 15) is 18.0 Å². The highest BCUT2D eigenvalue weighted by molar-refractivity contribution is 9.10. The molecule has 1 fully saturated rings. The third-order valence-electron chi connectivity index (χ3n) is 5.24. The van der Waals surface area contributed by atoms with E-state index in [-0.39, 0.29) is 17.5 Å². The van der Waals surface area contributed by atoms with Crippen LogP contribution in [-0.4, -0.2) is 34.0 Å². The zero-order chi connectivity index (χ0) is 22.7. The average molecular weight is 509 g/mol. The van der Waals surface area contributed by atoms with Crippen LogP contribution in [-0.2, 0) is 17.5 Å². The lowest BCUT2D eigenvalue weighted by molar-refractivity contribution is -0.137. The maximum absolute atomic E-state index is 12.9. The van der Waals surface area contributed by atoms with Crippen LogP contribution in [0.25, 0.3) is 11.4 Å². The number of likely N-dealkylation sites (tertiary alicyclic amines) is 1. The number of hydrogen-bond donors (Lipinski definition) is 1. The highest BCUT2D eigenvalue weighted by Crippen LogP contribution is 2.31. The molecule has 1 aliphatic rings. The van der Waals surface area contributed by atoms with Gasteiger partial charge in [0.25, 0.3) is 0 Å². The molecule has 0 aliphatic carbocycles. The summed E-state index contributed by atoms with van der Waals surface area (Å²) in [6.07, 6.45) is -3.01. The van der Waals surface area contributed by atoms with Gasteiger partial charge in [-0.2, -0.15) is 18.2 Å². The fourth-order valence-electron chi connectivity index (χ4n) is 3.69. The Bertz CT molecular complexity index is 1100. The van der Waals surface area contributed by atoms with E-state index in [0.29, 0.717) is 31.2 Å². The van der Waals surface area contributed by atoms with Crippen LogP contribution >= 0.6 is 15.9 Å². The Morgan fingerprint density at radius 1 is 1.22 bits per heavy atom. The number of aromatic nitrogens is 2. The van der Waals surface area contributed by atoms with Gasteiger partial charge in [0.15, 0.2) is 0 Å². The van der Waals surface area contributed by atoms with Crippen molar-refractivity contribution < 1.29 is 22.5 Å². The summed E-state index contributed by atoms with van der Waals surface area (Å²) >= 11 is 3.42. The Hall–Kier alpha value is -2.72. The van der Waals surface area contributed by atoms with E-state index >= 15 is 0 Å². The van der Waals surface area contributed by atoms with E-state index < -0.39 is 11.7 Å². The first-order valence-corrected chi connectivity index (χ1v) is 10.9. The molecule has 1 unspecified atom stereocenters. The van der Waals surface area contributed by atoms with Crippen molar-refractivity contribution in [1.29, 1.82) is 0 Å². The first-order valence-electron chi connectivity index (χ1n) is 10.1. The standard InChI is InChI=1S/C22H20BrF3N4O2/c23-17-7-1-4-14(10-17)20-28-19(32-29-20)13-30-9-3-5-15(12-30)21(31)27-18-8-2-6-16(11-18)22(24,25)26/h1-2,4,6-8,10-11,15H,3,5,9,12-13H2,(H,27,31). The zero-order valence-electron chi connectivity index (χ0n) is 16.9. The first kappa shape index (κ1) is 22.5. The molecule has 10 heteroatoms. The molecule has 6 nitrogen and oxygen atoms in total. The number of piperidine rings is 1. The van der Waals surface area contributed by atoms with Gasteiger partial charge in [-0.1, -0.05) is 39.3 Å². The first-order chi connectivity index (χ1) is 15.3. The molecule has 1 saturated heterocycles. The van der Waals surface area contributed by atoms with Gasteiger partial charge in [-0.15, -0.1) is 0 Å². The highest BCUT2D eigenvalue weighted by Gasteiger charge is 2.31. The summed E-state index contributed by atoms with van der Waals surface area (Å²) in [7, 11) is 0. The minimum Gasteiger partial charge on any atom is -0.338 e. The largest absolute Gasteiger partial charge is 0.416 e. The Morgan fingerprint density at radius 3 is 2.81 bits per heavy atom. The summed E-state index contributed by atoms with van der Waals surface area (Å²) in [5, 5.41) is 6.64. The molecular formula is C22H20BrF3N4O2. The van der Waals surface area contributed by atoms with Crippen molar-refractivity contribution in [2.24, 2.45) is 5.92 Å². The average Bonchev–Trinajstić information content (AvgIpc) is 3.22. The van der Waals surface area contributed by atoms with E-state index in [1.807, 2.05) is 29.2 Å². The molecule has 0 radical (unpaired) electrons. The molecule has 1 N–H and O–H groups in total. The summed E-state index contributed by atoms with van der Waals surface area (Å²) in [5.41, 5.74) is 0.169. The molecule has 2 heterocycles. The minimum absolute atomic E-state index is 0.137. The molecular weight excluding hydrogens is 489 g/mol. The number of carbonyl (C=O) groups is 1. The molecule has 4 rings (SSSR count). The zero-order valence-corrected chi connectivity index (χ0v) is 18.5. The van der Waals surface area contributed by atoms with Gasteiger partial charge in [0.05, 0.1) is 18.0 Å². The van der Waals surface area contributed by atoms with Crippen LogP contribution in [0.15, 0.2) is 57.5 Å². The van der Waals surface area contributed by atoms with Crippen LogP contribution in [0.4, 0.5) is 18.9 Å². The predicted molar refractivity (Wildman–Crippen MR) is 116 cm³/mol. The van der Waals surface area contributed by atoms with Crippen LogP contribution in [0, 0.1) is 5.92 Å². The van der Waals surface area contributed by atoms with Gasteiger partial charge >= 0.3 is 6.18 Å². The van der Waals surface area contributed by atoms with Crippen molar-refractivity contribution in [3.8, 4) is 11.4 Å². The minimum atomic E-state index is -4.46. The Morgan fingerprint density at radius 2 is 2.03 bits per heavy atom. The molecule has 168 valence electrons. The highest BCUT2D eigenvalue weighted by atomic mass is 79.9. The second kappa shape index (κ2) is 9.41. The Kier molecular flexibility index (Phi) is 6.61. The van der Waals surface area contributed by atoms with E-state index in [2.05, 4.69) is 31.4 Å². The van der Waals surface area contributed by atoms with Crippen molar-refractivity contribution in [2.75, 3.05) is 18.4 Å². The number of nitrogens with one attached hydrogen (secondary N) is 1. The second-order valence-corrected chi connectivity index (χ2v) is 8.58. The monoisotopic (exact) mass is 508 g/mol. The number of anilines is 1. The number of halogens is 4. The van der Waals surface area contributed by atoms with E-state index in [4.69, 9.17) is 4.52 Å². The lowest BCUT2D eigenvalue weighted by Crippen LogP contribution is -2.40. The molecule has 0 spiro atoms. The normalized spacial score (nSPS) is 17.3. The third-order valence-corrected chi connectivity index (χ3v) is 5.74. The smallest absolute Gasteiger partial charge is 0.338 e. The summed E-state index contributed by atoms with van der Waals surface area (Å²) in [6, 6.07) is 12.2. The summed E-state index contributed by atoms with van der Waals surface area (Å²) in [5.74, 6) is 0.288. The number of nitrogens with zero attached hydrogens (tertiary/aromatic N) is 3. The summed E-state index contributed by atoms with van der Waals surface area (Å²) < 4.78 is 45.0. The topological polar surface area (TPSA) is 71.3 Å². The second-order valence-electron chi connectivity index (χ2n) is 7.66. The maximum atomic E-state index is 12.9. The molecule has 32 heavy (non-hydrogen) atoms. The lowest BCUT2D eigenvalue weighted by Gasteiger charge is -2.30. The van der Waals surface area contributed by atoms with Crippen LogP contribution in [0.2, 0.25) is 0 Å². The molecule has 3 aromatic rings. The summed E-state index contributed by atoms with van der Waals surface area (Å²) in [4.78, 5) is 19.2. The number of hydrogen-bond acceptors (Lipinski definition) is 5. The van der Waals surface area contributed by atoms with E-state index in [1.165, 1.54) is 12.1 Å². The van der Waals surface area contributed by atoms with Crippen molar-refractivity contribution >= 4 is 27.5 Å². The summed E-state index contributed by atoms with van der Waals surface area (Å²) in [6.45, 7) is 1.62. The van der Waals surface area contributed by atoms with E-state index in [1.54, 1.807) is 0 Å². The SMILES string of the molecule is O=C(Nc1cccc(C(F)(F)F)c1)C1CCCN(Cc2nc(-c3cccc(Br)c3)no2)C1. The Labute approximate surface area is 190 Å². The van der Waals surface area contributed by atoms with E-state index in [0.717, 1.165) is 35.1 Å². The van der Waals surface area contributed by atoms with Gasteiger partial charge < -0.3 is 9.84 Å². The number of amides is 1. The molecule has 2 aromatic carbocycles. The molecule has 0 saturated carbocycles. The van der Waals surface area contributed by atoms with Crippen molar-refractivity contribution in [3.63, 3.8) is 0 Å². The molecule has 1 amide bonds. The Balaban J connectivity index is 1.37. The van der Waals surface area contributed by atoms with Crippen LogP contribution in [0.3, 0.4) is 0 Å². The fraction of sp³-hybridized carbons (Fsp3) is 0.318. The lowest BCUT2D eigenvalue weighted by atomic mass is 9.97. The van der Waals surface area contributed by atoms with Crippen LogP contribution in [0.1, 0.15) is 24.3 Å². The van der Waals surface area contributed by atoms with Gasteiger partial charge in [-0.25, -0.2) is 0 Å². The van der Waals surface area contributed by atoms with Crippen LogP contribution in [0.5, 0.6) is 0 Å². The molecule has 1 atom stereocenters. The maximum Gasteiger partial charge on any atom is 0.416 e. The number of rotatable bonds is 5. The van der Waals surface area contributed by atoms with Crippen molar-refractivity contribution in [2.45, 2.75) is 25.6 Å². The number of alkyl halides is 3. The predicted octanol–water partition coefficient (Wildman–Crippen LogP) is 5.37. The van der Waals surface area contributed by atoms with Gasteiger partial charge in [0, 0.05) is 22.3 Å². The molecule has 1 aromatic heterocycles. The number of carbonyl (C=O) groups excluding carboxylic acids is 1. The van der Waals surface area contributed by atoms with Crippen molar-refractivity contribution in [3.05, 3.63) is 64.5 Å². The van der Waals surface area contributed by atoms with Gasteiger partial charge in [-0.05, 0) is 49.7 Å². The van der Waals surface area contributed by atoms with Gasteiger partial charge in [0.1, 0.15) is 0 Å². The molecule has 1 aliphatic heterocycles. The van der Waals surface area contributed by atoms with Gasteiger partial charge in [-0.3, -0.25) is 9.69 Å². The van der Waals surface area contributed by atoms with Crippen molar-refractivity contribution in [1.82, 2.24) is 15.0 Å².